The van der Waals surface area contributed by atoms with Crippen molar-refractivity contribution in [2.45, 2.75) is 31.1 Å². The molecule has 2 nitrogen and oxygen atoms in total. The predicted octanol–water partition coefficient (Wildman–Crippen LogP) is 3.65. The standard InChI is InChI=1S/C18H19NO/c19-17(20)18(12-4-5-13-18)16-10-8-15(9-11-16)14-6-2-1-3-7-14/h1-3,6-11H,4-5,12-13H2,(H2,19,20). The number of nitrogens with two attached hydrogens (primary N) is 1. The molecule has 0 spiro atoms. The van der Waals surface area contributed by atoms with E-state index in [9.17, 15) is 4.79 Å². The Bertz CT molecular complexity index is 595. The summed E-state index contributed by atoms with van der Waals surface area (Å²) >= 11 is 0. The van der Waals surface area contributed by atoms with Gasteiger partial charge in [-0.1, -0.05) is 67.4 Å². The molecule has 1 fully saturated rings. The molecule has 0 aliphatic heterocycles. The van der Waals surface area contributed by atoms with E-state index < -0.39 is 5.41 Å². The van der Waals surface area contributed by atoms with Gasteiger partial charge in [0.1, 0.15) is 0 Å². The summed E-state index contributed by atoms with van der Waals surface area (Å²) < 4.78 is 0. The molecule has 0 unspecified atom stereocenters. The Morgan fingerprint density at radius 3 is 1.95 bits per heavy atom. The number of rotatable bonds is 3. The Balaban J connectivity index is 1.95. The molecule has 20 heavy (non-hydrogen) atoms. The number of benzene rings is 2. The first-order valence-electron chi connectivity index (χ1n) is 7.18. The van der Waals surface area contributed by atoms with Gasteiger partial charge in [-0.25, -0.2) is 0 Å². The van der Waals surface area contributed by atoms with Crippen LogP contribution in [0.15, 0.2) is 54.6 Å². The minimum absolute atomic E-state index is 0.178. The summed E-state index contributed by atoms with van der Waals surface area (Å²) in [6.07, 6.45) is 3.94. The van der Waals surface area contributed by atoms with Crippen molar-refractivity contribution >= 4 is 5.91 Å². The van der Waals surface area contributed by atoms with Crippen LogP contribution in [-0.4, -0.2) is 5.91 Å². The van der Waals surface area contributed by atoms with Gasteiger partial charge in [0.05, 0.1) is 5.41 Å². The van der Waals surface area contributed by atoms with Crippen LogP contribution in [0.2, 0.25) is 0 Å². The molecule has 0 aromatic heterocycles. The van der Waals surface area contributed by atoms with E-state index in [-0.39, 0.29) is 5.91 Å². The van der Waals surface area contributed by atoms with Crippen molar-refractivity contribution in [2.24, 2.45) is 5.73 Å². The summed E-state index contributed by atoms with van der Waals surface area (Å²) in [4.78, 5) is 11.9. The molecular weight excluding hydrogens is 246 g/mol. The predicted molar refractivity (Wildman–Crippen MR) is 81.2 cm³/mol. The highest BCUT2D eigenvalue weighted by Gasteiger charge is 2.40. The molecule has 0 bridgehead atoms. The first-order chi connectivity index (χ1) is 9.72. The van der Waals surface area contributed by atoms with E-state index in [1.807, 2.05) is 18.2 Å². The molecule has 2 aromatic carbocycles. The quantitative estimate of drug-likeness (QED) is 0.904. The van der Waals surface area contributed by atoms with Crippen LogP contribution in [-0.2, 0) is 10.2 Å². The van der Waals surface area contributed by atoms with Crippen LogP contribution in [0.1, 0.15) is 31.2 Å². The maximum absolute atomic E-state index is 11.9. The van der Waals surface area contributed by atoms with Crippen molar-refractivity contribution in [1.29, 1.82) is 0 Å². The molecule has 1 aliphatic rings. The van der Waals surface area contributed by atoms with E-state index in [0.717, 1.165) is 31.2 Å². The number of carbonyl (C=O) groups is 1. The third-order valence-electron chi connectivity index (χ3n) is 4.47. The van der Waals surface area contributed by atoms with Gasteiger partial charge in [0.25, 0.3) is 0 Å². The van der Waals surface area contributed by atoms with E-state index in [1.54, 1.807) is 0 Å². The van der Waals surface area contributed by atoms with Crippen molar-refractivity contribution < 1.29 is 4.79 Å². The number of amides is 1. The summed E-state index contributed by atoms with van der Waals surface area (Å²) in [5.74, 6) is -0.178. The lowest BCUT2D eigenvalue weighted by atomic mass is 9.78. The summed E-state index contributed by atoms with van der Waals surface area (Å²) in [5, 5.41) is 0. The van der Waals surface area contributed by atoms with Crippen LogP contribution in [0.25, 0.3) is 11.1 Å². The van der Waals surface area contributed by atoms with Gasteiger partial charge in [-0.15, -0.1) is 0 Å². The van der Waals surface area contributed by atoms with E-state index in [0.29, 0.717) is 0 Å². The topological polar surface area (TPSA) is 43.1 Å². The fourth-order valence-corrected chi connectivity index (χ4v) is 3.27. The number of carbonyl (C=O) groups excluding carboxylic acids is 1. The third-order valence-corrected chi connectivity index (χ3v) is 4.47. The van der Waals surface area contributed by atoms with E-state index in [2.05, 4.69) is 36.4 Å². The van der Waals surface area contributed by atoms with E-state index >= 15 is 0 Å². The monoisotopic (exact) mass is 265 g/mol. The van der Waals surface area contributed by atoms with Crippen molar-refractivity contribution in [2.75, 3.05) is 0 Å². The molecule has 1 aliphatic carbocycles. The number of primary amides is 1. The summed E-state index contributed by atoms with van der Waals surface area (Å²) in [6, 6.07) is 18.6. The Kier molecular flexibility index (Phi) is 3.31. The molecule has 0 radical (unpaired) electrons. The molecule has 1 saturated carbocycles. The first kappa shape index (κ1) is 12.9. The molecule has 2 N–H and O–H groups in total. The lowest BCUT2D eigenvalue weighted by Gasteiger charge is -2.25. The smallest absolute Gasteiger partial charge is 0.228 e. The second-order valence-corrected chi connectivity index (χ2v) is 5.60. The average molecular weight is 265 g/mol. The summed E-state index contributed by atoms with van der Waals surface area (Å²) in [7, 11) is 0. The molecule has 102 valence electrons. The van der Waals surface area contributed by atoms with Crippen molar-refractivity contribution in [3.63, 3.8) is 0 Å². The molecule has 2 heteroatoms. The average Bonchev–Trinajstić information content (AvgIpc) is 2.99. The minimum Gasteiger partial charge on any atom is -0.369 e. The molecule has 0 atom stereocenters. The highest BCUT2D eigenvalue weighted by atomic mass is 16.1. The van der Waals surface area contributed by atoms with Gasteiger partial charge in [-0.05, 0) is 29.5 Å². The third kappa shape index (κ3) is 2.11. The summed E-state index contributed by atoms with van der Waals surface area (Å²) in [5.41, 5.74) is 8.68. The van der Waals surface area contributed by atoms with E-state index in [1.165, 1.54) is 11.1 Å². The Morgan fingerprint density at radius 1 is 0.850 bits per heavy atom. The fraction of sp³-hybridized carbons (Fsp3) is 0.278. The van der Waals surface area contributed by atoms with Gasteiger partial charge in [-0.2, -0.15) is 0 Å². The van der Waals surface area contributed by atoms with Crippen LogP contribution in [0.4, 0.5) is 0 Å². The molecule has 0 saturated heterocycles. The van der Waals surface area contributed by atoms with Gasteiger partial charge in [0.15, 0.2) is 0 Å². The Hall–Kier alpha value is -2.09. The Labute approximate surface area is 119 Å². The highest BCUT2D eigenvalue weighted by Crippen LogP contribution is 2.41. The zero-order valence-corrected chi connectivity index (χ0v) is 11.5. The Morgan fingerprint density at radius 2 is 1.40 bits per heavy atom. The van der Waals surface area contributed by atoms with Crippen molar-refractivity contribution in [1.82, 2.24) is 0 Å². The molecule has 0 heterocycles. The van der Waals surface area contributed by atoms with Gasteiger partial charge in [0, 0.05) is 0 Å². The molecule has 1 amide bonds. The van der Waals surface area contributed by atoms with Gasteiger partial charge in [0.2, 0.25) is 5.91 Å². The maximum atomic E-state index is 11.9. The normalized spacial score (nSPS) is 17.0. The van der Waals surface area contributed by atoms with E-state index in [4.69, 9.17) is 5.73 Å². The lowest BCUT2D eigenvalue weighted by molar-refractivity contribution is -0.123. The second-order valence-electron chi connectivity index (χ2n) is 5.60. The number of hydrogen-bond donors (Lipinski definition) is 1. The molecule has 2 aromatic rings. The molecule has 3 rings (SSSR count). The maximum Gasteiger partial charge on any atom is 0.228 e. The van der Waals surface area contributed by atoms with Crippen LogP contribution >= 0.6 is 0 Å². The van der Waals surface area contributed by atoms with Crippen LogP contribution in [0.5, 0.6) is 0 Å². The van der Waals surface area contributed by atoms with Crippen LogP contribution in [0.3, 0.4) is 0 Å². The minimum atomic E-state index is -0.435. The van der Waals surface area contributed by atoms with Gasteiger partial charge < -0.3 is 5.73 Å². The second kappa shape index (κ2) is 5.12. The van der Waals surface area contributed by atoms with Crippen molar-refractivity contribution in [3.8, 4) is 11.1 Å². The zero-order chi connectivity index (χ0) is 14.0. The SMILES string of the molecule is NC(=O)C1(c2ccc(-c3ccccc3)cc2)CCCC1. The van der Waals surface area contributed by atoms with Crippen LogP contribution in [0, 0.1) is 0 Å². The number of hydrogen-bond acceptors (Lipinski definition) is 1. The highest BCUT2D eigenvalue weighted by molar-refractivity contribution is 5.87. The van der Waals surface area contributed by atoms with Gasteiger partial charge in [-0.3, -0.25) is 4.79 Å². The zero-order valence-electron chi connectivity index (χ0n) is 11.5. The summed E-state index contributed by atoms with van der Waals surface area (Å²) in [6.45, 7) is 0. The van der Waals surface area contributed by atoms with Gasteiger partial charge >= 0.3 is 0 Å². The molecular formula is C18H19NO. The largest absolute Gasteiger partial charge is 0.369 e. The first-order valence-corrected chi connectivity index (χ1v) is 7.18. The van der Waals surface area contributed by atoms with Crippen LogP contribution < -0.4 is 5.73 Å². The fourth-order valence-electron chi connectivity index (χ4n) is 3.27. The van der Waals surface area contributed by atoms with Crippen molar-refractivity contribution in [3.05, 3.63) is 60.2 Å². The lowest BCUT2D eigenvalue weighted by Crippen LogP contribution is -2.38.